The molecule has 0 bridgehead atoms. The van der Waals surface area contributed by atoms with Crippen molar-refractivity contribution in [3.8, 4) is 11.8 Å². The molecule has 0 saturated carbocycles. The average Bonchev–Trinajstić information content (AvgIpc) is 2.87. The van der Waals surface area contributed by atoms with Crippen molar-refractivity contribution in [1.29, 1.82) is 5.26 Å². The van der Waals surface area contributed by atoms with Gasteiger partial charge in [0.15, 0.2) is 5.69 Å². The highest BCUT2D eigenvalue weighted by Gasteiger charge is 2.21. The number of hydrogen-bond donors (Lipinski definition) is 0. The van der Waals surface area contributed by atoms with E-state index in [2.05, 4.69) is 56.2 Å². The number of nitriles is 1. The number of benzene rings is 1. The monoisotopic (exact) mass is 268 g/mol. The summed E-state index contributed by atoms with van der Waals surface area (Å²) in [6, 6.07) is 8.37. The average molecular weight is 268 g/mol. The Morgan fingerprint density at radius 1 is 1.20 bits per heavy atom. The van der Waals surface area contributed by atoms with Crippen LogP contribution in [0.1, 0.15) is 55.1 Å². The first-order valence-corrected chi connectivity index (χ1v) is 7.05. The fourth-order valence-electron chi connectivity index (χ4n) is 2.46. The molecule has 0 aliphatic rings. The van der Waals surface area contributed by atoms with Crippen LogP contribution in [0.5, 0.6) is 0 Å². The van der Waals surface area contributed by atoms with Crippen molar-refractivity contribution in [2.75, 3.05) is 0 Å². The largest absolute Gasteiger partial charge is 0.216 e. The van der Waals surface area contributed by atoms with Crippen molar-refractivity contribution < 1.29 is 0 Å². The van der Waals surface area contributed by atoms with E-state index in [4.69, 9.17) is 0 Å². The van der Waals surface area contributed by atoms with E-state index in [1.807, 2.05) is 10.7 Å². The highest BCUT2D eigenvalue weighted by Crippen LogP contribution is 2.27. The Morgan fingerprint density at radius 3 is 2.45 bits per heavy atom. The molecule has 4 heteroatoms. The van der Waals surface area contributed by atoms with E-state index >= 15 is 0 Å². The van der Waals surface area contributed by atoms with Crippen LogP contribution in [0, 0.1) is 25.2 Å². The summed E-state index contributed by atoms with van der Waals surface area (Å²) in [7, 11) is 0. The summed E-state index contributed by atoms with van der Waals surface area (Å²) >= 11 is 0. The Morgan fingerprint density at radius 2 is 1.90 bits per heavy atom. The molecule has 0 amide bonds. The van der Waals surface area contributed by atoms with Crippen LogP contribution in [-0.4, -0.2) is 15.0 Å². The van der Waals surface area contributed by atoms with E-state index in [9.17, 15) is 5.26 Å². The van der Waals surface area contributed by atoms with Crippen LogP contribution in [0.25, 0.3) is 5.69 Å². The summed E-state index contributed by atoms with van der Waals surface area (Å²) in [4.78, 5) is 0. The minimum absolute atomic E-state index is 0.307. The third-order valence-electron chi connectivity index (χ3n) is 3.92. The Bertz CT molecular complexity index is 645. The Hall–Kier alpha value is -2.15. The van der Waals surface area contributed by atoms with Gasteiger partial charge in [0, 0.05) is 5.92 Å². The zero-order chi connectivity index (χ0) is 14.7. The Kier molecular flexibility index (Phi) is 4.19. The number of nitrogens with zero attached hydrogens (tertiary/aromatic N) is 4. The molecule has 0 saturated heterocycles. The number of rotatable bonds is 4. The number of aryl methyl sites for hydroxylation is 2. The van der Waals surface area contributed by atoms with Gasteiger partial charge in [-0.3, -0.25) is 0 Å². The summed E-state index contributed by atoms with van der Waals surface area (Å²) in [6.07, 6.45) is 1.95. The summed E-state index contributed by atoms with van der Waals surface area (Å²) in [5.74, 6) is 0.307. The van der Waals surface area contributed by atoms with Gasteiger partial charge in [0.05, 0.1) is 11.4 Å². The van der Waals surface area contributed by atoms with E-state index in [1.54, 1.807) is 0 Å². The Labute approximate surface area is 120 Å². The van der Waals surface area contributed by atoms with Gasteiger partial charge in [0.2, 0.25) is 0 Å². The summed E-state index contributed by atoms with van der Waals surface area (Å²) in [6.45, 7) is 8.43. The van der Waals surface area contributed by atoms with Crippen LogP contribution in [0.3, 0.4) is 0 Å². The molecule has 0 aliphatic heterocycles. The lowest BCUT2D eigenvalue weighted by atomic mass is 9.97. The first-order chi connectivity index (χ1) is 9.62. The molecule has 0 radical (unpaired) electrons. The van der Waals surface area contributed by atoms with Gasteiger partial charge in [-0.15, -0.1) is 5.10 Å². The standard InChI is InChI=1S/C16H20N4/c1-5-13(6-2)16-15(10-17)18-19-20(16)14-8-7-11(3)12(4)9-14/h7-9,13H,5-6H2,1-4H3. The van der Waals surface area contributed by atoms with Gasteiger partial charge >= 0.3 is 0 Å². The van der Waals surface area contributed by atoms with Crippen molar-refractivity contribution >= 4 is 0 Å². The smallest absolute Gasteiger partial charge is 0.186 e. The molecule has 0 atom stereocenters. The zero-order valence-electron chi connectivity index (χ0n) is 12.5. The summed E-state index contributed by atoms with van der Waals surface area (Å²) in [5, 5.41) is 17.5. The highest BCUT2D eigenvalue weighted by atomic mass is 15.4. The lowest BCUT2D eigenvalue weighted by Gasteiger charge is -2.15. The minimum atomic E-state index is 0.307. The maximum absolute atomic E-state index is 9.25. The molecular formula is C16H20N4. The second kappa shape index (κ2) is 5.87. The molecule has 20 heavy (non-hydrogen) atoms. The van der Waals surface area contributed by atoms with Gasteiger partial charge in [-0.25, -0.2) is 4.68 Å². The Balaban J connectivity index is 2.59. The van der Waals surface area contributed by atoms with Gasteiger partial charge in [-0.05, 0) is 49.9 Å². The minimum Gasteiger partial charge on any atom is -0.216 e. The first-order valence-electron chi connectivity index (χ1n) is 7.05. The maximum atomic E-state index is 9.25. The topological polar surface area (TPSA) is 54.5 Å². The molecule has 4 nitrogen and oxygen atoms in total. The van der Waals surface area contributed by atoms with Gasteiger partial charge in [0.1, 0.15) is 6.07 Å². The molecule has 0 aliphatic carbocycles. The zero-order valence-corrected chi connectivity index (χ0v) is 12.5. The maximum Gasteiger partial charge on any atom is 0.186 e. The molecule has 104 valence electrons. The van der Waals surface area contributed by atoms with Gasteiger partial charge in [-0.2, -0.15) is 5.26 Å². The molecule has 2 rings (SSSR count). The van der Waals surface area contributed by atoms with E-state index in [1.165, 1.54) is 11.1 Å². The van der Waals surface area contributed by atoms with Crippen LogP contribution in [-0.2, 0) is 0 Å². The normalized spacial score (nSPS) is 10.8. The summed E-state index contributed by atoms with van der Waals surface area (Å²) < 4.78 is 1.82. The predicted octanol–water partition coefficient (Wildman–Crippen LogP) is 3.66. The quantitative estimate of drug-likeness (QED) is 0.850. The SMILES string of the molecule is CCC(CC)c1c(C#N)nnn1-c1ccc(C)c(C)c1. The second-order valence-corrected chi connectivity index (χ2v) is 5.13. The van der Waals surface area contributed by atoms with Crippen molar-refractivity contribution in [2.45, 2.75) is 46.5 Å². The van der Waals surface area contributed by atoms with Crippen LogP contribution < -0.4 is 0 Å². The molecule has 0 spiro atoms. The molecule has 1 heterocycles. The van der Waals surface area contributed by atoms with Crippen LogP contribution in [0.15, 0.2) is 18.2 Å². The van der Waals surface area contributed by atoms with Crippen molar-refractivity contribution in [3.05, 3.63) is 40.7 Å². The predicted molar refractivity (Wildman–Crippen MR) is 78.9 cm³/mol. The number of aromatic nitrogens is 3. The van der Waals surface area contributed by atoms with Crippen LogP contribution in [0.4, 0.5) is 0 Å². The van der Waals surface area contributed by atoms with E-state index in [0.29, 0.717) is 11.6 Å². The number of hydrogen-bond acceptors (Lipinski definition) is 3. The lowest BCUT2D eigenvalue weighted by Crippen LogP contribution is -2.08. The first kappa shape index (κ1) is 14.3. The van der Waals surface area contributed by atoms with Crippen molar-refractivity contribution in [1.82, 2.24) is 15.0 Å². The molecule has 1 aromatic heterocycles. The van der Waals surface area contributed by atoms with E-state index in [0.717, 1.165) is 24.2 Å². The fourth-order valence-corrected chi connectivity index (χ4v) is 2.46. The molecule has 0 N–H and O–H groups in total. The molecule has 0 fully saturated rings. The molecule has 2 aromatic rings. The van der Waals surface area contributed by atoms with Gasteiger partial charge < -0.3 is 0 Å². The molecule has 1 aromatic carbocycles. The van der Waals surface area contributed by atoms with E-state index in [-0.39, 0.29) is 0 Å². The highest BCUT2D eigenvalue weighted by molar-refractivity contribution is 5.42. The molecule has 0 unspecified atom stereocenters. The van der Waals surface area contributed by atoms with Crippen LogP contribution >= 0.6 is 0 Å². The lowest BCUT2D eigenvalue weighted by molar-refractivity contribution is 0.594. The third-order valence-corrected chi connectivity index (χ3v) is 3.92. The van der Waals surface area contributed by atoms with Gasteiger partial charge in [-0.1, -0.05) is 25.1 Å². The van der Waals surface area contributed by atoms with Gasteiger partial charge in [0.25, 0.3) is 0 Å². The molecular weight excluding hydrogens is 248 g/mol. The van der Waals surface area contributed by atoms with Crippen molar-refractivity contribution in [2.24, 2.45) is 0 Å². The van der Waals surface area contributed by atoms with E-state index < -0.39 is 0 Å². The second-order valence-electron chi connectivity index (χ2n) is 5.13. The fraction of sp³-hybridized carbons (Fsp3) is 0.438. The summed E-state index contributed by atoms with van der Waals surface area (Å²) in [5.41, 5.74) is 4.81. The van der Waals surface area contributed by atoms with Crippen molar-refractivity contribution in [3.63, 3.8) is 0 Å². The van der Waals surface area contributed by atoms with Crippen LogP contribution in [0.2, 0.25) is 0 Å². The third kappa shape index (κ3) is 2.44.